The van der Waals surface area contributed by atoms with E-state index in [1.807, 2.05) is 0 Å². The van der Waals surface area contributed by atoms with Gasteiger partial charge in [-0.1, -0.05) is 30.3 Å². The number of hydrogen-bond donors (Lipinski definition) is 1. The molecule has 0 spiro atoms. The Kier molecular flexibility index (Phi) is 3.90. The fraction of sp³-hybridized carbons (Fsp3) is 0.333. The van der Waals surface area contributed by atoms with E-state index in [0.717, 1.165) is 0 Å². The molecule has 0 amide bonds. The number of rotatable bonds is 3. The Balaban J connectivity index is 2.67. The molecule has 0 aromatic heterocycles. The summed E-state index contributed by atoms with van der Waals surface area (Å²) in [7, 11) is 0. The number of hydrogen-bond acceptors (Lipinski definition) is 2. The van der Waals surface area contributed by atoms with E-state index in [1.54, 1.807) is 44.2 Å². The summed E-state index contributed by atoms with van der Waals surface area (Å²) in [5.74, 6) is 0.0588. The molecule has 2 aromatic carbocycles. The van der Waals surface area contributed by atoms with Crippen LogP contribution in [-0.2, 0) is 0 Å². The van der Waals surface area contributed by atoms with Crippen LogP contribution >= 0.6 is 0 Å². The van der Waals surface area contributed by atoms with Crippen molar-refractivity contribution in [1.29, 1.82) is 0 Å². The van der Waals surface area contributed by atoms with Crippen LogP contribution < -0.4 is 4.74 Å². The predicted molar refractivity (Wildman–Crippen MR) is 70.7 cm³/mol. The van der Waals surface area contributed by atoms with E-state index in [9.17, 15) is 18.3 Å². The quantitative estimate of drug-likeness (QED) is 0.914. The highest BCUT2D eigenvalue weighted by Gasteiger charge is 2.42. The lowest BCUT2D eigenvalue weighted by atomic mass is 9.99. The number of aliphatic hydroxyl groups is 1. The summed E-state index contributed by atoms with van der Waals surface area (Å²) < 4.78 is 44.0. The minimum atomic E-state index is -4.74. The molecular weight excluding hydrogens is 269 g/mol. The molecule has 2 nitrogen and oxygen atoms in total. The van der Waals surface area contributed by atoms with E-state index >= 15 is 0 Å². The molecule has 1 unspecified atom stereocenters. The average molecular weight is 284 g/mol. The Bertz CT molecular complexity index is 606. The molecule has 0 aliphatic heterocycles. The van der Waals surface area contributed by atoms with Crippen LogP contribution in [0.1, 0.15) is 25.5 Å². The van der Waals surface area contributed by atoms with Crippen LogP contribution in [0.3, 0.4) is 0 Å². The number of ether oxygens (including phenoxy) is 1. The van der Waals surface area contributed by atoms with Crippen molar-refractivity contribution in [2.24, 2.45) is 0 Å². The first kappa shape index (κ1) is 14.7. The minimum Gasteiger partial charge on any atom is -0.491 e. The number of benzene rings is 2. The first-order valence-electron chi connectivity index (χ1n) is 6.24. The van der Waals surface area contributed by atoms with E-state index in [0.29, 0.717) is 10.8 Å². The van der Waals surface area contributed by atoms with Crippen LogP contribution in [0.4, 0.5) is 13.2 Å². The smallest absolute Gasteiger partial charge is 0.418 e. The number of fused-ring (bicyclic) bond motifs is 1. The van der Waals surface area contributed by atoms with Gasteiger partial charge in [0.15, 0.2) is 6.10 Å². The molecule has 0 heterocycles. The number of alkyl halides is 3. The SMILES string of the molecule is CC(C)Oc1ccc2ccccc2c1C(O)C(F)(F)F. The second-order valence-electron chi connectivity index (χ2n) is 4.81. The maximum absolute atomic E-state index is 12.9. The number of halogens is 3. The van der Waals surface area contributed by atoms with Crippen molar-refractivity contribution < 1.29 is 23.0 Å². The third kappa shape index (κ3) is 2.88. The van der Waals surface area contributed by atoms with Gasteiger partial charge in [0.25, 0.3) is 0 Å². The molecule has 0 saturated carbocycles. The van der Waals surface area contributed by atoms with E-state index in [2.05, 4.69) is 0 Å². The van der Waals surface area contributed by atoms with Crippen LogP contribution in [0.25, 0.3) is 10.8 Å². The summed E-state index contributed by atoms with van der Waals surface area (Å²) in [6.45, 7) is 3.44. The molecule has 2 aromatic rings. The summed E-state index contributed by atoms with van der Waals surface area (Å²) >= 11 is 0. The van der Waals surface area contributed by atoms with E-state index in [4.69, 9.17) is 4.74 Å². The van der Waals surface area contributed by atoms with Gasteiger partial charge in [0.2, 0.25) is 0 Å². The highest BCUT2D eigenvalue weighted by Crippen LogP contribution is 2.41. The molecule has 0 bridgehead atoms. The van der Waals surface area contributed by atoms with Crippen LogP contribution in [0.2, 0.25) is 0 Å². The summed E-state index contributed by atoms with van der Waals surface area (Å²) in [5, 5.41) is 10.6. The maximum Gasteiger partial charge on any atom is 0.418 e. The lowest BCUT2D eigenvalue weighted by molar-refractivity contribution is -0.206. The van der Waals surface area contributed by atoms with Crippen LogP contribution in [0, 0.1) is 0 Å². The molecule has 0 aliphatic rings. The van der Waals surface area contributed by atoms with Crippen molar-refractivity contribution in [1.82, 2.24) is 0 Å². The lowest BCUT2D eigenvalue weighted by Gasteiger charge is -2.21. The van der Waals surface area contributed by atoms with Gasteiger partial charge < -0.3 is 9.84 Å². The Hall–Kier alpha value is -1.75. The molecule has 0 aliphatic carbocycles. The molecule has 1 N–H and O–H groups in total. The summed E-state index contributed by atoms with van der Waals surface area (Å²) in [6.07, 6.45) is -7.59. The predicted octanol–water partition coefficient (Wildman–Crippen LogP) is 4.22. The zero-order valence-corrected chi connectivity index (χ0v) is 11.1. The Morgan fingerprint density at radius 3 is 2.30 bits per heavy atom. The molecule has 0 fully saturated rings. The fourth-order valence-electron chi connectivity index (χ4n) is 2.08. The maximum atomic E-state index is 12.9. The van der Waals surface area contributed by atoms with Crippen molar-refractivity contribution in [2.45, 2.75) is 32.2 Å². The van der Waals surface area contributed by atoms with Gasteiger partial charge in [-0.25, -0.2) is 0 Å². The van der Waals surface area contributed by atoms with E-state index < -0.39 is 12.3 Å². The zero-order chi connectivity index (χ0) is 14.9. The zero-order valence-electron chi connectivity index (χ0n) is 11.1. The highest BCUT2D eigenvalue weighted by atomic mass is 19.4. The normalized spacial score (nSPS) is 13.8. The molecule has 2 rings (SSSR count). The molecule has 0 radical (unpaired) electrons. The van der Waals surface area contributed by atoms with Gasteiger partial charge >= 0.3 is 6.18 Å². The molecular formula is C15H15F3O2. The fourth-order valence-corrected chi connectivity index (χ4v) is 2.08. The number of aliphatic hydroxyl groups excluding tert-OH is 1. The molecule has 108 valence electrons. The third-order valence-corrected chi connectivity index (χ3v) is 2.88. The Morgan fingerprint density at radius 1 is 1.05 bits per heavy atom. The second-order valence-corrected chi connectivity index (χ2v) is 4.81. The standard InChI is InChI=1S/C15H15F3O2/c1-9(2)20-12-8-7-10-5-3-4-6-11(10)13(12)14(19)15(16,17)18/h3-9,14,19H,1-2H3. The van der Waals surface area contributed by atoms with E-state index in [1.165, 1.54) is 6.07 Å². The van der Waals surface area contributed by atoms with Gasteiger partial charge in [0, 0.05) is 5.56 Å². The van der Waals surface area contributed by atoms with Gasteiger partial charge in [-0.2, -0.15) is 13.2 Å². The average Bonchev–Trinajstić information content (AvgIpc) is 2.36. The van der Waals surface area contributed by atoms with Gasteiger partial charge in [-0.3, -0.25) is 0 Å². The minimum absolute atomic E-state index is 0.0588. The van der Waals surface area contributed by atoms with Crippen LogP contribution in [0.5, 0.6) is 5.75 Å². The Morgan fingerprint density at radius 2 is 1.70 bits per heavy atom. The molecule has 5 heteroatoms. The largest absolute Gasteiger partial charge is 0.491 e. The van der Waals surface area contributed by atoms with Gasteiger partial charge in [0.05, 0.1) is 6.10 Å². The van der Waals surface area contributed by atoms with Crippen molar-refractivity contribution in [3.63, 3.8) is 0 Å². The summed E-state index contributed by atoms with van der Waals surface area (Å²) in [4.78, 5) is 0. The lowest BCUT2D eigenvalue weighted by Crippen LogP contribution is -2.22. The Labute approximate surface area is 114 Å². The second kappa shape index (κ2) is 5.32. The van der Waals surface area contributed by atoms with Crippen molar-refractivity contribution in [2.75, 3.05) is 0 Å². The van der Waals surface area contributed by atoms with Crippen molar-refractivity contribution >= 4 is 10.8 Å². The topological polar surface area (TPSA) is 29.5 Å². The highest BCUT2D eigenvalue weighted by molar-refractivity contribution is 5.88. The monoisotopic (exact) mass is 284 g/mol. The molecule has 0 saturated heterocycles. The third-order valence-electron chi connectivity index (χ3n) is 2.88. The summed E-state index contributed by atoms with van der Waals surface area (Å²) in [6, 6.07) is 9.75. The van der Waals surface area contributed by atoms with Crippen LogP contribution in [-0.4, -0.2) is 17.4 Å². The van der Waals surface area contributed by atoms with Crippen molar-refractivity contribution in [3.05, 3.63) is 42.0 Å². The first-order chi connectivity index (χ1) is 9.30. The van der Waals surface area contributed by atoms with Gasteiger partial charge in [-0.05, 0) is 30.7 Å². The van der Waals surface area contributed by atoms with E-state index in [-0.39, 0.29) is 17.4 Å². The van der Waals surface area contributed by atoms with Gasteiger partial charge in [-0.15, -0.1) is 0 Å². The van der Waals surface area contributed by atoms with Crippen molar-refractivity contribution in [3.8, 4) is 5.75 Å². The van der Waals surface area contributed by atoms with Gasteiger partial charge in [0.1, 0.15) is 5.75 Å². The molecule has 20 heavy (non-hydrogen) atoms. The first-order valence-corrected chi connectivity index (χ1v) is 6.24. The molecule has 1 atom stereocenters. The summed E-state index contributed by atoms with van der Waals surface area (Å²) in [5.41, 5.74) is -0.232. The van der Waals surface area contributed by atoms with Crippen LogP contribution in [0.15, 0.2) is 36.4 Å².